The zero-order valence-corrected chi connectivity index (χ0v) is 8.45. The molecule has 1 heterocycles. The Hall–Kier alpha value is -0.970. The maximum Gasteiger partial charge on any atom is 0.354 e. The minimum atomic E-state index is -0.949. The standard InChI is InChI=1S/C8H12N2O2S/c1-5(2)10-7(8(11)12)6(4-13)3-9-10/h3,5,13H,4H2,1-2H3,(H,11,12). The van der Waals surface area contributed by atoms with E-state index in [9.17, 15) is 4.79 Å². The number of nitrogens with zero attached hydrogens (tertiary/aromatic N) is 2. The molecule has 0 unspecified atom stereocenters. The lowest BCUT2D eigenvalue weighted by Gasteiger charge is -2.08. The highest BCUT2D eigenvalue weighted by molar-refractivity contribution is 7.79. The summed E-state index contributed by atoms with van der Waals surface area (Å²) in [4.78, 5) is 10.9. The van der Waals surface area contributed by atoms with Crippen LogP contribution in [0.3, 0.4) is 0 Å². The Morgan fingerprint density at radius 3 is 2.77 bits per heavy atom. The van der Waals surface area contributed by atoms with E-state index in [1.165, 1.54) is 4.68 Å². The monoisotopic (exact) mass is 200 g/mol. The van der Waals surface area contributed by atoms with Gasteiger partial charge in [-0.05, 0) is 13.8 Å². The summed E-state index contributed by atoms with van der Waals surface area (Å²) in [6.45, 7) is 3.78. The number of rotatable bonds is 3. The molecule has 0 spiro atoms. The van der Waals surface area contributed by atoms with Crippen LogP contribution in [-0.4, -0.2) is 20.9 Å². The smallest absolute Gasteiger partial charge is 0.354 e. The third-order valence-corrected chi connectivity index (χ3v) is 2.07. The first-order valence-electron chi connectivity index (χ1n) is 3.98. The summed E-state index contributed by atoms with van der Waals surface area (Å²) in [6.07, 6.45) is 1.55. The highest BCUT2D eigenvalue weighted by Gasteiger charge is 2.17. The van der Waals surface area contributed by atoms with E-state index >= 15 is 0 Å². The second-order valence-corrected chi connectivity index (χ2v) is 3.34. The molecule has 1 aromatic heterocycles. The number of carboxylic acid groups (broad SMARTS) is 1. The summed E-state index contributed by atoms with van der Waals surface area (Å²) >= 11 is 4.04. The summed E-state index contributed by atoms with van der Waals surface area (Å²) in [7, 11) is 0. The quantitative estimate of drug-likeness (QED) is 0.728. The van der Waals surface area contributed by atoms with Crippen molar-refractivity contribution in [2.24, 2.45) is 0 Å². The van der Waals surface area contributed by atoms with Gasteiger partial charge in [0.15, 0.2) is 5.69 Å². The van der Waals surface area contributed by atoms with Gasteiger partial charge < -0.3 is 5.11 Å². The number of carbonyl (C=O) groups is 1. The van der Waals surface area contributed by atoms with E-state index in [0.29, 0.717) is 11.3 Å². The molecule has 0 aliphatic carbocycles. The lowest BCUT2D eigenvalue weighted by atomic mass is 10.2. The largest absolute Gasteiger partial charge is 0.477 e. The molecule has 1 aromatic rings. The van der Waals surface area contributed by atoms with Gasteiger partial charge in [-0.2, -0.15) is 17.7 Å². The number of aromatic carboxylic acids is 1. The molecule has 0 aromatic carbocycles. The van der Waals surface area contributed by atoms with Crippen LogP contribution in [0.25, 0.3) is 0 Å². The van der Waals surface area contributed by atoms with E-state index in [-0.39, 0.29) is 11.7 Å². The SMILES string of the molecule is CC(C)n1ncc(CS)c1C(=O)O. The van der Waals surface area contributed by atoms with E-state index in [0.717, 1.165) is 0 Å². The fourth-order valence-corrected chi connectivity index (χ4v) is 1.37. The highest BCUT2D eigenvalue weighted by atomic mass is 32.1. The Kier molecular flexibility index (Phi) is 2.98. The molecule has 4 nitrogen and oxygen atoms in total. The van der Waals surface area contributed by atoms with Gasteiger partial charge in [0.05, 0.1) is 6.20 Å². The fraction of sp³-hybridized carbons (Fsp3) is 0.500. The van der Waals surface area contributed by atoms with Crippen molar-refractivity contribution in [2.75, 3.05) is 0 Å². The molecule has 1 N–H and O–H groups in total. The van der Waals surface area contributed by atoms with Crippen LogP contribution in [0.4, 0.5) is 0 Å². The van der Waals surface area contributed by atoms with Crippen molar-refractivity contribution in [2.45, 2.75) is 25.6 Å². The number of carboxylic acids is 1. The van der Waals surface area contributed by atoms with Crippen molar-refractivity contribution in [1.29, 1.82) is 0 Å². The minimum Gasteiger partial charge on any atom is -0.477 e. The van der Waals surface area contributed by atoms with Crippen LogP contribution in [0.1, 0.15) is 35.9 Å². The van der Waals surface area contributed by atoms with Crippen molar-refractivity contribution in [1.82, 2.24) is 9.78 Å². The summed E-state index contributed by atoms with van der Waals surface area (Å²) in [5, 5.41) is 12.9. The van der Waals surface area contributed by atoms with Crippen LogP contribution >= 0.6 is 12.6 Å². The Labute approximate surface area is 82.0 Å². The van der Waals surface area contributed by atoms with Crippen LogP contribution in [-0.2, 0) is 5.75 Å². The molecule has 1 rings (SSSR count). The van der Waals surface area contributed by atoms with Crippen LogP contribution in [0.5, 0.6) is 0 Å². The lowest BCUT2D eigenvalue weighted by molar-refractivity contribution is 0.0680. The molecule has 13 heavy (non-hydrogen) atoms. The molecule has 72 valence electrons. The highest BCUT2D eigenvalue weighted by Crippen LogP contribution is 2.15. The third kappa shape index (κ3) is 1.85. The van der Waals surface area contributed by atoms with Gasteiger partial charge in [-0.3, -0.25) is 4.68 Å². The van der Waals surface area contributed by atoms with E-state index < -0.39 is 5.97 Å². The van der Waals surface area contributed by atoms with Crippen molar-refractivity contribution < 1.29 is 9.90 Å². The molecule has 0 saturated carbocycles. The molecule has 0 aliphatic heterocycles. The summed E-state index contributed by atoms with van der Waals surface area (Å²) < 4.78 is 1.49. The van der Waals surface area contributed by atoms with Crippen LogP contribution < -0.4 is 0 Å². The summed E-state index contributed by atoms with van der Waals surface area (Å²) in [5.74, 6) is -0.552. The average molecular weight is 200 g/mol. The molecule has 0 saturated heterocycles. The minimum absolute atomic E-state index is 0.0553. The van der Waals surface area contributed by atoms with Gasteiger partial charge in [-0.25, -0.2) is 4.79 Å². The Bertz CT molecular complexity index is 320. The van der Waals surface area contributed by atoms with E-state index in [4.69, 9.17) is 5.11 Å². The van der Waals surface area contributed by atoms with E-state index in [1.54, 1.807) is 6.20 Å². The Morgan fingerprint density at radius 2 is 2.38 bits per heavy atom. The second-order valence-electron chi connectivity index (χ2n) is 3.02. The third-order valence-electron chi connectivity index (χ3n) is 1.73. The van der Waals surface area contributed by atoms with Crippen LogP contribution in [0.2, 0.25) is 0 Å². The first-order valence-corrected chi connectivity index (χ1v) is 4.61. The van der Waals surface area contributed by atoms with Gasteiger partial charge in [0.1, 0.15) is 0 Å². The number of thiol groups is 1. The number of aromatic nitrogens is 2. The molecular weight excluding hydrogens is 188 g/mol. The van der Waals surface area contributed by atoms with Crippen molar-refractivity contribution in [3.63, 3.8) is 0 Å². The number of hydrogen-bond acceptors (Lipinski definition) is 3. The fourth-order valence-electron chi connectivity index (χ4n) is 1.14. The van der Waals surface area contributed by atoms with Crippen molar-refractivity contribution in [3.05, 3.63) is 17.5 Å². The zero-order valence-electron chi connectivity index (χ0n) is 7.56. The molecule has 5 heteroatoms. The maximum absolute atomic E-state index is 10.9. The zero-order chi connectivity index (χ0) is 10.0. The second kappa shape index (κ2) is 3.83. The normalized spacial score (nSPS) is 10.8. The predicted molar refractivity (Wildman–Crippen MR) is 52.3 cm³/mol. The number of hydrogen-bond donors (Lipinski definition) is 2. The topological polar surface area (TPSA) is 55.1 Å². The lowest BCUT2D eigenvalue weighted by Crippen LogP contribution is -2.13. The first kappa shape index (κ1) is 10.1. The van der Waals surface area contributed by atoms with Gasteiger partial charge in [-0.1, -0.05) is 0 Å². The van der Waals surface area contributed by atoms with E-state index in [2.05, 4.69) is 17.7 Å². The average Bonchev–Trinajstić information content (AvgIpc) is 2.46. The summed E-state index contributed by atoms with van der Waals surface area (Å²) in [5.41, 5.74) is 0.898. The van der Waals surface area contributed by atoms with Gasteiger partial charge in [-0.15, -0.1) is 0 Å². The first-order chi connectivity index (χ1) is 6.07. The molecule has 0 amide bonds. The van der Waals surface area contributed by atoms with Gasteiger partial charge >= 0.3 is 5.97 Å². The molecule has 0 aliphatic rings. The van der Waals surface area contributed by atoms with Gasteiger partial charge in [0.25, 0.3) is 0 Å². The maximum atomic E-state index is 10.9. The Balaban J connectivity index is 3.22. The van der Waals surface area contributed by atoms with Crippen LogP contribution in [0, 0.1) is 0 Å². The van der Waals surface area contributed by atoms with Crippen molar-refractivity contribution in [3.8, 4) is 0 Å². The molecular formula is C8H12N2O2S. The predicted octanol–water partition coefficient (Wildman–Crippen LogP) is 1.59. The van der Waals surface area contributed by atoms with Gasteiger partial charge in [0.2, 0.25) is 0 Å². The van der Waals surface area contributed by atoms with Crippen molar-refractivity contribution >= 4 is 18.6 Å². The summed E-state index contributed by atoms with van der Waals surface area (Å²) in [6, 6.07) is 0.0553. The molecule has 0 radical (unpaired) electrons. The molecule has 0 fully saturated rings. The Morgan fingerprint density at radius 1 is 1.77 bits per heavy atom. The molecule has 0 atom stereocenters. The van der Waals surface area contributed by atoms with Crippen LogP contribution in [0.15, 0.2) is 6.20 Å². The van der Waals surface area contributed by atoms with Gasteiger partial charge in [0, 0.05) is 17.4 Å². The molecule has 0 bridgehead atoms. The van der Waals surface area contributed by atoms with E-state index in [1.807, 2.05) is 13.8 Å².